The van der Waals surface area contributed by atoms with Crippen LogP contribution in [0.2, 0.25) is 0 Å². The van der Waals surface area contributed by atoms with Crippen molar-refractivity contribution in [3.63, 3.8) is 0 Å². The number of rotatable bonds is 13. The quantitative estimate of drug-likeness (QED) is 0.217. The third-order valence-corrected chi connectivity index (χ3v) is 8.14. The molecule has 0 unspecified atom stereocenters. The van der Waals surface area contributed by atoms with Crippen LogP contribution in [-0.2, 0) is 23.1 Å². The van der Waals surface area contributed by atoms with Crippen LogP contribution in [-0.4, -0.2) is 42.2 Å². The number of sulfonamides is 1. The Morgan fingerprint density at radius 1 is 0.861 bits per heavy atom. The number of nitrogens with zero attached hydrogens (tertiary/aromatic N) is 3. The van der Waals surface area contributed by atoms with Gasteiger partial charge in [0, 0.05) is 38.3 Å². The summed E-state index contributed by atoms with van der Waals surface area (Å²) in [6.07, 6.45) is 0.785. The highest BCUT2D eigenvalue weighted by Crippen LogP contribution is 2.28. The first-order chi connectivity index (χ1) is 17.1. The van der Waals surface area contributed by atoms with E-state index in [9.17, 15) is 18.5 Å². The fraction of sp³-hybridized carbons (Fsp3) is 0.357. The van der Waals surface area contributed by atoms with Crippen molar-refractivity contribution in [1.82, 2.24) is 9.21 Å². The van der Waals surface area contributed by atoms with Crippen molar-refractivity contribution in [2.24, 2.45) is 5.41 Å². The summed E-state index contributed by atoms with van der Waals surface area (Å²) in [5.74, 6) is 0. The van der Waals surface area contributed by atoms with E-state index in [4.69, 9.17) is 0 Å². The van der Waals surface area contributed by atoms with Gasteiger partial charge in [-0.1, -0.05) is 87.5 Å². The third-order valence-electron chi connectivity index (χ3n) is 6.23. The van der Waals surface area contributed by atoms with Gasteiger partial charge in [0.25, 0.3) is 5.69 Å². The number of hydrogen-bond acceptors (Lipinski definition) is 5. The third kappa shape index (κ3) is 7.71. The molecule has 0 bridgehead atoms. The summed E-state index contributed by atoms with van der Waals surface area (Å²) in [6.45, 7) is 8.94. The number of hydrogen-bond donors (Lipinski definition) is 0. The highest BCUT2D eigenvalue weighted by atomic mass is 32.2. The van der Waals surface area contributed by atoms with Crippen LogP contribution in [0.3, 0.4) is 0 Å². The van der Waals surface area contributed by atoms with Gasteiger partial charge in [0.1, 0.15) is 0 Å². The Bertz CT molecular complexity index is 1190. The van der Waals surface area contributed by atoms with Gasteiger partial charge in [0.2, 0.25) is 10.0 Å². The molecule has 3 aromatic rings. The first-order valence-electron chi connectivity index (χ1n) is 12.2. The lowest BCUT2D eigenvalue weighted by Crippen LogP contribution is -2.40. The van der Waals surface area contributed by atoms with Crippen molar-refractivity contribution >= 4 is 15.7 Å². The molecule has 0 radical (unpaired) electrons. The lowest BCUT2D eigenvalue weighted by molar-refractivity contribution is -0.385. The van der Waals surface area contributed by atoms with E-state index in [0.717, 1.165) is 32.1 Å². The first kappa shape index (κ1) is 27.5. The second-order valence-corrected chi connectivity index (χ2v) is 11.7. The van der Waals surface area contributed by atoms with Crippen molar-refractivity contribution in [1.29, 1.82) is 0 Å². The van der Waals surface area contributed by atoms with E-state index in [2.05, 4.69) is 43.0 Å². The topological polar surface area (TPSA) is 83.8 Å². The molecule has 192 valence electrons. The molecule has 7 nitrogen and oxygen atoms in total. The number of non-ortho nitro benzene ring substituents is 1. The summed E-state index contributed by atoms with van der Waals surface area (Å²) >= 11 is 0. The minimum Gasteiger partial charge on any atom is -0.295 e. The molecule has 0 aromatic heterocycles. The van der Waals surface area contributed by atoms with E-state index < -0.39 is 14.9 Å². The van der Waals surface area contributed by atoms with Crippen LogP contribution >= 0.6 is 0 Å². The summed E-state index contributed by atoms with van der Waals surface area (Å²) in [7, 11) is -3.86. The molecule has 0 N–H and O–H groups in total. The summed E-state index contributed by atoms with van der Waals surface area (Å²) < 4.78 is 28.1. The molecular formula is C28H35N3O4S. The average Bonchev–Trinajstić information content (AvgIpc) is 2.87. The molecule has 0 aliphatic heterocycles. The zero-order valence-corrected chi connectivity index (χ0v) is 22.0. The summed E-state index contributed by atoms with van der Waals surface area (Å²) in [4.78, 5) is 12.9. The second-order valence-electron chi connectivity index (χ2n) is 9.78. The Hall–Kier alpha value is -3.07. The number of nitro benzene ring substituents is 1. The molecule has 0 saturated carbocycles. The van der Waals surface area contributed by atoms with Gasteiger partial charge in [0.15, 0.2) is 0 Å². The van der Waals surface area contributed by atoms with Crippen molar-refractivity contribution in [3.8, 4) is 0 Å². The zero-order valence-electron chi connectivity index (χ0n) is 21.2. The van der Waals surface area contributed by atoms with Gasteiger partial charge in [-0.15, -0.1) is 0 Å². The van der Waals surface area contributed by atoms with Gasteiger partial charge < -0.3 is 0 Å². The molecule has 0 amide bonds. The fourth-order valence-electron chi connectivity index (χ4n) is 4.19. The molecule has 8 heteroatoms. The van der Waals surface area contributed by atoms with Crippen LogP contribution in [0.5, 0.6) is 0 Å². The normalized spacial score (nSPS) is 12.2. The zero-order chi connectivity index (χ0) is 26.2. The minimum atomic E-state index is -3.86. The Labute approximate surface area is 214 Å². The summed E-state index contributed by atoms with van der Waals surface area (Å²) in [6, 6.07) is 25.9. The molecule has 0 spiro atoms. The van der Waals surface area contributed by atoms with Gasteiger partial charge in [0.05, 0.1) is 9.82 Å². The first-order valence-corrected chi connectivity index (χ1v) is 13.6. The highest BCUT2D eigenvalue weighted by Gasteiger charge is 2.31. The summed E-state index contributed by atoms with van der Waals surface area (Å²) in [5, 5.41) is 11.2. The van der Waals surface area contributed by atoms with E-state index in [1.54, 1.807) is 6.92 Å². The Morgan fingerprint density at radius 3 is 1.92 bits per heavy atom. The van der Waals surface area contributed by atoms with Gasteiger partial charge >= 0.3 is 0 Å². The second kappa shape index (κ2) is 12.3. The lowest BCUT2D eigenvalue weighted by Gasteiger charge is -2.34. The minimum absolute atomic E-state index is 0.0517. The predicted molar refractivity (Wildman–Crippen MR) is 143 cm³/mol. The Balaban J connectivity index is 1.73. The van der Waals surface area contributed by atoms with Crippen LogP contribution in [0.1, 0.15) is 38.3 Å². The lowest BCUT2D eigenvalue weighted by atomic mass is 9.89. The summed E-state index contributed by atoms with van der Waals surface area (Å²) in [5.41, 5.74) is 1.92. The molecule has 0 fully saturated rings. The fourth-order valence-corrected chi connectivity index (χ4v) is 5.87. The van der Waals surface area contributed by atoms with Gasteiger partial charge in [-0.25, -0.2) is 8.42 Å². The van der Waals surface area contributed by atoms with Crippen molar-refractivity contribution in [2.75, 3.05) is 19.6 Å². The number of nitro groups is 1. The Kier molecular flexibility index (Phi) is 9.37. The maximum atomic E-state index is 13.3. The van der Waals surface area contributed by atoms with Gasteiger partial charge in [-0.05, 0) is 35.6 Å². The molecule has 0 aliphatic rings. The molecule has 3 aromatic carbocycles. The van der Waals surface area contributed by atoms with Crippen LogP contribution in [0.15, 0.2) is 89.8 Å². The monoisotopic (exact) mass is 509 g/mol. The molecule has 0 saturated heterocycles. The standard InChI is InChI=1S/C28H35N3O4S/c1-4-30(36(34,35)27-17-11-16-26(20-27)31(32)33)23-28(2,3)18-19-29(21-24-12-7-5-8-13-24)22-25-14-9-6-10-15-25/h5-17,20H,4,18-19,21-23H2,1-3H3. The van der Waals surface area contributed by atoms with Gasteiger partial charge in [-0.2, -0.15) is 4.31 Å². The number of benzene rings is 3. The highest BCUT2D eigenvalue weighted by molar-refractivity contribution is 7.89. The van der Waals surface area contributed by atoms with Crippen LogP contribution in [0.4, 0.5) is 5.69 Å². The molecule has 36 heavy (non-hydrogen) atoms. The maximum absolute atomic E-state index is 13.3. The van der Waals surface area contributed by atoms with Gasteiger partial charge in [-0.3, -0.25) is 15.0 Å². The van der Waals surface area contributed by atoms with Crippen LogP contribution in [0.25, 0.3) is 0 Å². The molecular weight excluding hydrogens is 474 g/mol. The van der Waals surface area contributed by atoms with Crippen molar-refractivity contribution in [2.45, 2.75) is 45.2 Å². The molecule has 0 aliphatic carbocycles. The van der Waals surface area contributed by atoms with E-state index in [1.807, 2.05) is 36.4 Å². The SMILES string of the molecule is CCN(CC(C)(C)CCN(Cc1ccccc1)Cc1ccccc1)S(=O)(=O)c1cccc([N+](=O)[O-])c1. The molecule has 3 rings (SSSR count). The van der Waals surface area contributed by atoms with E-state index >= 15 is 0 Å². The average molecular weight is 510 g/mol. The van der Waals surface area contributed by atoms with E-state index in [-0.39, 0.29) is 22.5 Å². The van der Waals surface area contributed by atoms with Crippen molar-refractivity contribution < 1.29 is 13.3 Å². The van der Waals surface area contributed by atoms with Crippen molar-refractivity contribution in [3.05, 3.63) is 106 Å². The smallest absolute Gasteiger partial charge is 0.270 e. The van der Waals surface area contributed by atoms with E-state index in [0.29, 0.717) is 6.54 Å². The predicted octanol–water partition coefficient (Wildman–Crippen LogP) is 5.72. The van der Waals surface area contributed by atoms with E-state index in [1.165, 1.54) is 33.6 Å². The largest absolute Gasteiger partial charge is 0.295 e. The molecule has 0 atom stereocenters. The van der Waals surface area contributed by atoms with Crippen LogP contribution < -0.4 is 0 Å². The molecule has 0 heterocycles. The van der Waals surface area contributed by atoms with Crippen LogP contribution in [0, 0.1) is 15.5 Å². The maximum Gasteiger partial charge on any atom is 0.270 e. The Morgan fingerprint density at radius 2 is 1.42 bits per heavy atom.